The van der Waals surface area contributed by atoms with Crippen molar-refractivity contribution in [3.05, 3.63) is 17.5 Å². The normalized spacial score (nSPS) is 22.6. The first-order valence-electron chi connectivity index (χ1n) is 8.35. The Morgan fingerprint density at radius 1 is 1.35 bits per heavy atom. The topological polar surface area (TPSA) is 97.6 Å². The molecule has 9 heteroatoms. The Hall–Kier alpha value is -1.87. The van der Waals surface area contributed by atoms with Crippen LogP contribution in [0.4, 0.5) is 0 Å². The standard InChI is InChI=1S/C14H22N8O/c1-2-3-12-15-14(18-16-12)11-8-21(6-7-23-11)9-13-17-19-20-22(13)10-4-5-10/h10-11H,2-9H2,1H3,(H,15,16,18)/t11-/m0/s1. The summed E-state index contributed by atoms with van der Waals surface area (Å²) >= 11 is 0. The van der Waals surface area contributed by atoms with Crippen molar-refractivity contribution in [3.63, 3.8) is 0 Å². The van der Waals surface area contributed by atoms with Crippen molar-refractivity contribution in [2.24, 2.45) is 0 Å². The van der Waals surface area contributed by atoms with Gasteiger partial charge in [-0.2, -0.15) is 5.10 Å². The number of morpholine rings is 1. The molecule has 2 aliphatic rings. The molecule has 1 atom stereocenters. The highest BCUT2D eigenvalue weighted by Gasteiger charge is 2.30. The second-order valence-electron chi connectivity index (χ2n) is 6.26. The van der Waals surface area contributed by atoms with Crippen LogP contribution >= 0.6 is 0 Å². The van der Waals surface area contributed by atoms with Gasteiger partial charge in [0.2, 0.25) is 0 Å². The largest absolute Gasteiger partial charge is 0.367 e. The Morgan fingerprint density at radius 3 is 3.09 bits per heavy atom. The summed E-state index contributed by atoms with van der Waals surface area (Å²) < 4.78 is 7.82. The van der Waals surface area contributed by atoms with Gasteiger partial charge in [0.05, 0.1) is 19.2 Å². The summed E-state index contributed by atoms with van der Waals surface area (Å²) in [6, 6.07) is 0.501. The van der Waals surface area contributed by atoms with Crippen LogP contribution in [0.3, 0.4) is 0 Å². The van der Waals surface area contributed by atoms with Crippen molar-refractivity contribution in [1.29, 1.82) is 0 Å². The van der Waals surface area contributed by atoms with Gasteiger partial charge in [0.15, 0.2) is 11.6 Å². The van der Waals surface area contributed by atoms with Crippen LogP contribution in [-0.4, -0.2) is 60.0 Å². The molecule has 0 amide bonds. The van der Waals surface area contributed by atoms with Crippen LogP contribution in [0.15, 0.2) is 0 Å². The van der Waals surface area contributed by atoms with Crippen molar-refractivity contribution in [2.45, 2.75) is 51.3 Å². The molecule has 1 saturated carbocycles. The van der Waals surface area contributed by atoms with Gasteiger partial charge in [0.25, 0.3) is 0 Å². The Morgan fingerprint density at radius 2 is 2.26 bits per heavy atom. The number of H-pyrrole nitrogens is 1. The molecule has 124 valence electrons. The van der Waals surface area contributed by atoms with Crippen molar-refractivity contribution in [3.8, 4) is 0 Å². The second kappa shape index (κ2) is 6.32. The van der Waals surface area contributed by atoms with Crippen LogP contribution in [0.2, 0.25) is 0 Å². The summed E-state index contributed by atoms with van der Waals surface area (Å²) in [5.74, 6) is 2.62. The van der Waals surface area contributed by atoms with Crippen LogP contribution in [0, 0.1) is 0 Å². The second-order valence-corrected chi connectivity index (χ2v) is 6.26. The zero-order chi connectivity index (χ0) is 15.6. The molecule has 9 nitrogen and oxygen atoms in total. The molecule has 0 aromatic carbocycles. The van der Waals surface area contributed by atoms with Gasteiger partial charge in [-0.15, -0.1) is 5.10 Å². The molecule has 2 aromatic rings. The molecular formula is C14H22N8O. The minimum atomic E-state index is -0.0872. The molecule has 4 rings (SSSR count). The Labute approximate surface area is 134 Å². The molecule has 0 unspecified atom stereocenters. The lowest BCUT2D eigenvalue weighted by Gasteiger charge is -2.31. The van der Waals surface area contributed by atoms with Crippen LogP contribution in [0.1, 0.15) is 55.8 Å². The summed E-state index contributed by atoms with van der Waals surface area (Å²) in [6.45, 7) is 5.19. The minimum Gasteiger partial charge on any atom is -0.367 e. The number of aromatic amines is 1. The third kappa shape index (κ3) is 3.25. The highest BCUT2D eigenvalue weighted by Crippen LogP contribution is 2.34. The number of rotatable bonds is 6. The van der Waals surface area contributed by atoms with E-state index in [1.165, 1.54) is 12.8 Å². The molecular weight excluding hydrogens is 296 g/mol. The third-order valence-corrected chi connectivity index (χ3v) is 4.29. The molecule has 2 aromatic heterocycles. The fraction of sp³-hybridized carbons (Fsp3) is 0.786. The lowest BCUT2D eigenvalue weighted by Crippen LogP contribution is -2.38. The number of nitrogens with zero attached hydrogens (tertiary/aromatic N) is 7. The first-order valence-corrected chi connectivity index (χ1v) is 8.35. The highest BCUT2D eigenvalue weighted by molar-refractivity contribution is 4.98. The number of hydrogen-bond acceptors (Lipinski definition) is 7. The summed E-state index contributed by atoms with van der Waals surface area (Å²) in [5.41, 5.74) is 0. The van der Waals surface area contributed by atoms with Crippen LogP contribution in [-0.2, 0) is 17.7 Å². The predicted octanol–water partition coefficient (Wildman–Crippen LogP) is 0.652. The molecule has 3 heterocycles. The summed E-state index contributed by atoms with van der Waals surface area (Å²) in [7, 11) is 0. The lowest BCUT2D eigenvalue weighted by molar-refractivity contribution is -0.0381. The molecule has 0 radical (unpaired) electrons. The van der Waals surface area contributed by atoms with E-state index in [-0.39, 0.29) is 6.10 Å². The summed E-state index contributed by atoms with van der Waals surface area (Å²) in [4.78, 5) is 6.86. The number of ether oxygens (including phenoxy) is 1. The van der Waals surface area contributed by atoms with E-state index in [1.54, 1.807) is 0 Å². The molecule has 0 bridgehead atoms. The van der Waals surface area contributed by atoms with Crippen molar-refractivity contribution in [1.82, 2.24) is 40.3 Å². The van der Waals surface area contributed by atoms with E-state index in [0.717, 1.165) is 49.9 Å². The molecule has 1 saturated heterocycles. The maximum Gasteiger partial charge on any atom is 0.180 e. The number of aromatic nitrogens is 7. The SMILES string of the molecule is CCCc1nc([C@@H]2CN(Cc3nnnn3C3CC3)CCO2)n[nH]1. The number of hydrogen-bond donors (Lipinski definition) is 1. The van der Waals surface area contributed by atoms with Crippen molar-refractivity contribution < 1.29 is 4.74 Å². The van der Waals surface area contributed by atoms with Crippen LogP contribution in [0.25, 0.3) is 0 Å². The van der Waals surface area contributed by atoms with Gasteiger partial charge in [-0.1, -0.05) is 6.92 Å². The number of nitrogens with one attached hydrogen (secondary N) is 1. The Kier molecular flexibility index (Phi) is 4.04. The zero-order valence-electron chi connectivity index (χ0n) is 13.4. The van der Waals surface area contributed by atoms with Gasteiger partial charge in [0, 0.05) is 19.5 Å². The van der Waals surface area contributed by atoms with Gasteiger partial charge >= 0.3 is 0 Å². The number of tetrazole rings is 1. The van der Waals surface area contributed by atoms with Gasteiger partial charge in [-0.3, -0.25) is 10.00 Å². The fourth-order valence-corrected chi connectivity index (χ4v) is 2.92. The highest BCUT2D eigenvalue weighted by atomic mass is 16.5. The maximum absolute atomic E-state index is 5.85. The fourth-order valence-electron chi connectivity index (χ4n) is 2.92. The smallest absolute Gasteiger partial charge is 0.180 e. The molecule has 1 N–H and O–H groups in total. The van der Waals surface area contributed by atoms with Gasteiger partial charge in [-0.05, 0) is 29.7 Å². The Bertz CT molecular complexity index is 649. The van der Waals surface area contributed by atoms with E-state index >= 15 is 0 Å². The zero-order valence-corrected chi connectivity index (χ0v) is 13.4. The predicted molar refractivity (Wildman–Crippen MR) is 80.4 cm³/mol. The monoisotopic (exact) mass is 318 g/mol. The Balaban J connectivity index is 1.41. The average Bonchev–Trinajstić information content (AvgIpc) is 3.12. The number of aryl methyl sites for hydroxylation is 1. The minimum absolute atomic E-state index is 0.0872. The quantitative estimate of drug-likeness (QED) is 0.835. The lowest BCUT2D eigenvalue weighted by atomic mass is 10.2. The van der Waals surface area contributed by atoms with E-state index in [9.17, 15) is 0 Å². The van der Waals surface area contributed by atoms with Crippen LogP contribution < -0.4 is 0 Å². The van der Waals surface area contributed by atoms with Crippen molar-refractivity contribution in [2.75, 3.05) is 19.7 Å². The average molecular weight is 318 g/mol. The summed E-state index contributed by atoms with van der Waals surface area (Å²) in [6.07, 6.45) is 4.24. The first kappa shape index (κ1) is 14.7. The molecule has 2 fully saturated rings. The van der Waals surface area contributed by atoms with Crippen molar-refractivity contribution >= 4 is 0 Å². The third-order valence-electron chi connectivity index (χ3n) is 4.29. The molecule has 23 heavy (non-hydrogen) atoms. The van der Waals surface area contributed by atoms with Crippen LogP contribution in [0.5, 0.6) is 0 Å². The van der Waals surface area contributed by atoms with E-state index < -0.39 is 0 Å². The van der Waals surface area contributed by atoms with Gasteiger partial charge in [-0.25, -0.2) is 9.67 Å². The molecule has 1 aliphatic heterocycles. The van der Waals surface area contributed by atoms with Gasteiger partial charge in [0.1, 0.15) is 11.9 Å². The molecule has 1 aliphatic carbocycles. The molecule has 0 spiro atoms. The summed E-state index contributed by atoms with van der Waals surface area (Å²) in [5, 5.41) is 19.4. The first-order chi connectivity index (χ1) is 11.3. The maximum atomic E-state index is 5.85. The van der Waals surface area contributed by atoms with E-state index in [0.29, 0.717) is 12.6 Å². The van der Waals surface area contributed by atoms with E-state index in [4.69, 9.17) is 4.74 Å². The van der Waals surface area contributed by atoms with Gasteiger partial charge < -0.3 is 4.74 Å². The van der Waals surface area contributed by atoms with E-state index in [2.05, 4.69) is 42.5 Å². The van der Waals surface area contributed by atoms with E-state index in [1.807, 2.05) is 4.68 Å².